The van der Waals surface area contributed by atoms with Crippen molar-refractivity contribution in [2.45, 2.75) is 32.9 Å². The van der Waals surface area contributed by atoms with E-state index < -0.39 is 0 Å². The van der Waals surface area contributed by atoms with Gasteiger partial charge in [-0.3, -0.25) is 0 Å². The average Bonchev–Trinajstić information content (AvgIpc) is 3.01. The molecule has 0 spiro atoms. The third-order valence-corrected chi connectivity index (χ3v) is 4.06. The lowest BCUT2D eigenvalue weighted by atomic mass is 10.3. The Hall–Kier alpha value is -2.53. The molecule has 1 N–H and O–H groups in total. The second-order valence-electron chi connectivity index (χ2n) is 5.76. The van der Waals surface area contributed by atoms with E-state index in [-0.39, 0.29) is 6.61 Å². The second kappa shape index (κ2) is 8.53. The van der Waals surface area contributed by atoms with Gasteiger partial charge in [0.25, 0.3) is 0 Å². The smallest absolute Gasteiger partial charge is 0.161 e. The summed E-state index contributed by atoms with van der Waals surface area (Å²) in [5.41, 5.74) is 1.99. The zero-order chi connectivity index (χ0) is 17.5. The molecule has 0 bridgehead atoms. The molecule has 3 aromatic rings. The van der Waals surface area contributed by atoms with E-state index in [1.165, 1.54) is 0 Å². The van der Waals surface area contributed by atoms with Gasteiger partial charge in [-0.15, -0.1) is 0 Å². The highest BCUT2D eigenvalue weighted by atomic mass is 16.5. The van der Waals surface area contributed by atoms with Gasteiger partial charge in [0.05, 0.1) is 24.2 Å². The molecule has 1 heterocycles. The van der Waals surface area contributed by atoms with Crippen molar-refractivity contribution in [2.24, 2.45) is 0 Å². The predicted molar refractivity (Wildman–Crippen MR) is 98.0 cm³/mol. The van der Waals surface area contributed by atoms with Crippen LogP contribution in [0.2, 0.25) is 0 Å². The zero-order valence-electron chi connectivity index (χ0n) is 14.5. The van der Waals surface area contributed by atoms with Crippen LogP contribution < -0.4 is 9.47 Å². The predicted octanol–water partition coefficient (Wildman–Crippen LogP) is 3.79. The van der Waals surface area contributed by atoms with Gasteiger partial charge in [-0.2, -0.15) is 0 Å². The topological polar surface area (TPSA) is 56.5 Å². The molecule has 0 atom stereocenters. The monoisotopic (exact) mass is 340 g/mol. The summed E-state index contributed by atoms with van der Waals surface area (Å²) in [5.74, 6) is 2.28. The van der Waals surface area contributed by atoms with E-state index in [4.69, 9.17) is 9.47 Å². The minimum atomic E-state index is -0.0487. The number of imidazole rings is 1. The molecule has 3 rings (SSSR count). The van der Waals surface area contributed by atoms with Gasteiger partial charge in [0.1, 0.15) is 12.4 Å². The summed E-state index contributed by atoms with van der Waals surface area (Å²) in [7, 11) is 0. The first-order valence-corrected chi connectivity index (χ1v) is 8.73. The van der Waals surface area contributed by atoms with Crippen LogP contribution in [-0.2, 0) is 13.2 Å². The summed E-state index contributed by atoms with van der Waals surface area (Å²) in [6.07, 6.45) is 1.86. The number of hydrogen-bond donors (Lipinski definition) is 1. The van der Waals surface area contributed by atoms with E-state index in [0.717, 1.165) is 41.9 Å². The summed E-state index contributed by atoms with van der Waals surface area (Å²) in [4.78, 5) is 4.47. The van der Waals surface area contributed by atoms with E-state index in [9.17, 15) is 5.11 Å². The quantitative estimate of drug-likeness (QED) is 0.602. The van der Waals surface area contributed by atoms with Gasteiger partial charge < -0.3 is 19.1 Å². The maximum Gasteiger partial charge on any atom is 0.161 e. The van der Waals surface area contributed by atoms with Crippen molar-refractivity contribution in [1.82, 2.24) is 9.55 Å². The lowest BCUT2D eigenvalue weighted by Crippen LogP contribution is -2.06. The van der Waals surface area contributed by atoms with Gasteiger partial charge in [-0.25, -0.2) is 4.98 Å². The Labute approximate surface area is 147 Å². The number of aromatic nitrogens is 2. The fourth-order valence-corrected chi connectivity index (χ4v) is 2.89. The van der Waals surface area contributed by atoms with Crippen molar-refractivity contribution in [2.75, 3.05) is 13.2 Å². The third kappa shape index (κ3) is 4.12. The van der Waals surface area contributed by atoms with Crippen LogP contribution in [0.25, 0.3) is 11.0 Å². The number of fused-ring (bicyclic) bond motifs is 1. The number of ether oxygens (including phenoxy) is 2. The molecule has 5 nitrogen and oxygen atoms in total. The van der Waals surface area contributed by atoms with Crippen LogP contribution in [0, 0.1) is 0 Å². The maximum absolute atomic E-state index is 9.53. The molecule has 5 heteroatoms. The number of para-hydroxylation sites is 4. The molecular formula is C20H24N2O3. The molecule has 0 saturated carbocycles. The summed E-state index contributed by atoms with van der Waals surface area (Å²) >= 11 is 0. The number of aliphatic hydroxyl groups is 1. The van der Waals surface area contributed by atoms with Crippen molar-refractivity contribution in [3.63, 3.8) is 0 Å². The number of benzene rings is 2. The van der Waals surface area contributed by atoms with E-state index >= 15 is 0 Å². The first kappa shape index (κ1) is 17.3. The lowest BCUT2D eigenvalue weighted by Gasteiger charge is -2.12. The highest BCUT2D eigenvalue weighted by molar-refractivity contribution is 5.75. The fourth-order valence-electron chi connectivity index (χ4n) is 2.89. The van der Waals surface area contributed by atoms with Gasteiger partial charge in [0.2, 0.25) is 0 Å². The molecule has 0 saturated heterocycles. The SMILES string of the molecule is CCOc1ccccc1OCCCCn1c(CO)nc2ccccc21. The van der Waals surface area contributed by atoms with E-state index in [1.807, 2.05) is 55.5 Å². The van der Waals surface area contributed by atoms with Gasteiger partial charge in [0, 0.05) is 6.54 Å². The summed E-state index contributed by atoms with van der Waals surface area (Å²) < 4.78 is 13.5. The molecule has 0 unspecified atom stereocenters. The lowest BCUT2D eigenvalue weighted by molar-refractivity contribution is 0.260. The Kier molecular flexibility index (Phi) is 5.90. The van der Waals surface area contributed by atoms with E-state index in [1.54, 1.807) is 0 Å². The van der Waals surface area contributed by atoms with Crippen molar-refractivity contribution in [3.05, 3.63) is 54.4 Å². The number of hydrogen-bond acceptors (Lipinski definition) is 4. The Morgan fingerprint density at radius 3 is 2.44 bits per heavy atom. The van der Waals surface area contributed by atoms with Crippen LogP contribution in [0.4, 0.5) is 0 Å². The fraction of sp³-hybridized carbons (Fsp3) is 0.350. The molecule has 25 heavy (non-hydrogen) atoms. The van der Waals surface area contributed by atoms with E-state index in [0.29, 0.717) is 19.0 Å². The molecular weight excluding hydrogens is 316 g/mol. The van der Waals surface area contributed by atoms with Crippen molar-refractivity contribution < 1.29 is 14.6 Å². The molecule has 0 amide bonds. The number of rotatable bonds is 9. The zero-order valence-corrected chi connectivity index (χ0v) is 14.5. The molecule has 0 aliphatic rings. The van der Waals surface area contributed by atoms with Crippen molar-refractivity contribution in [1.29, 1.82) is 0 Å². The first-order chi connectivity index (χ1) is 12.3. The van der Waals surface area contributed by atoms with Crippen LogP contribution in [0.3, 0.4) is 0 Å². The Balaban J connectivity index is 1.54. The Morgan fingerprint density at radius 2 is 1.68 bits per heavy atom. The average molecular weight is 340 g/mol. The minimum Gasteiger partial charge on any atom is -0.490 e. The number of nitrogens with zero attached hydrogens (tertiary/aromatic N) is 2. The van der Waals surface area contributed by atoms with Crippen LogP contribution >= 0.6 is 0 Å². The molecule has 0 aliphatic heterocycles. The van der Waals surface area contributed by atoms with Crippen molar-refractivity contribution >= 4 is 11.0 Å². The highest BCUT2D eigenvalue weighted by Gasteiger charge is 2.09. The molecule has 132 valence electrons. The van der Waals surface area contributed by atoms with Gasteiger partial charge in [-0.05, 0) is 44.0 Å². The number of aliphatic hydroxyl groups excluding tert-OH is 1. The Bertz CT molecular complexity index is 814. The minimum absolute atomic E-state index is 0.0487. The summed E-state index contributed by atoms with van der Waals surface area (Å²) in [5, 5.41) is 9.53. The van der Waals surface area contributed by atoms with E-state index in [2.05, 4.69) is 9.55 Å². The van der Waals surface area contributed by atoms with Gasteiger partial charge >= 0.3 is 0 Å². The first-order valence-electron chi connectivity index (χ1n) is 8.73. The summed E-state index contributed by atoms with van der Waals surface area (Å²) in [6.45, 7) is 3.98. The van der Waals surface area contributed by atoms with Crippen LogP contribution in [0.1, 0.15) is 25.6 Å². The van der Waals surface area contributed by atoms with Gasteiger partial charge in [0.15, 0.2) is 11.5 Å². The van der Waals surface area contributed by atoms with Crippen LogP contribution in [0.15, 0.2) is 48.5 Å². The highest BCUT2D eigenvalue weighted by Crippen LogP contribution is 2.26. The molecule has 0 aliphatic carbocycles. The van der Waals surface area contributed by atoms with Crippen LogP contribution in [0.5, 0.6) is 11.5 Å². The molecule has 0 radical (unpaired) electrons. The standard InChI is InChI=1S/C20H24N2O3/c1-2-24-18-11-5-6-12-19(18)25-14-8-7-13-22-17-10-4-3-9-16(17)21-20(22)15-23/h3-6,9-12,23H,2,7-8,13-15H2,1H3. The largest absolute Gasteiger partial charge is 0.490 e. The normalized spacial score (nSPS) is 11.0. The molecule has 2 aromatic carbocycles. The summed E-state index contributed by atoms with van der Waals surface area (Å²) in [6, 6.07) is 15.7. The second-order valence-corrected chi connectivity index (χ2v) is 5.76. The molecule has 0 fully saturated rings. The number of unbranched alkanes of at least 4 members (excludes halogenated alkanes) is 1. The number of aryl methyl sites for hydroxylation is 1. The van der Waals surface area contributed by atoms with Crippen molar-refractivity contribution in [3.8, 4) is 11.5 Å². The maximum atomic E-state index is 9.53. The Morgan fingerprint density at radius 1 is 0.960 bits per heavy atom. The molecule has 1 aromatic heterocycles. The van der Waals surface area contributed by atoms with Gasteiger partial charge in [-0.1, -0.05) is 24.3 Å². The third-order valence-electron chi connectivity index (χ3n) is 4.06. The van der Waals surface area contributed by atoms with Crippen LogP contribution in [-0.4, -0.2) is 27.9 Å².